The molecule has 0 atom stereocenters. The van der Waals surface area contributed by atoms with Gasteiger partial charge in [0.05, 0.1) is 4.92 Å². The molecular formula is C13H15N5O3. The Morgan fingerprint density at radius 3 is 2.43 bits per heavy atom. The molecule has 0 saturated carbocycles. The number of rotatable bonds is 4. The van der Waals surface area contributed by atoms with E-state index in [2.05, 4.69) is 10.4 Å². The number of hydrogen-bond acceptors (Lipinski definition) is 6. The highest BCUT2D eigenvalue weighted by Crippen LogP contribution is 2.35. The Morgan fingerprint density at radius 2 is 1.95 bits per heavy atom. The van der Waals surface area contributed by atoms with Gasteiger partial charge < -0.3 is 10.2 Å². The predicted octanol–water partition coefficient (Wildman–Crippen LogP) is 2.26. The van der Waals surface area contributed by atoms with Gasteiger partial charge in [0, 0.05) is 26.7 Å². The number of para-hydroxylation sites is 1. The summed E-state index contributed by atoms with van der Waals surface area (Å²) in [5.41, 5.74) is 0.415. The molecule has 0 bridgehead atoms. The van der Waals surface area contributed by atoms with Crippen molar-refractivity contribution in [3.05, 3.63) is 40.4 Å². The fraction of sp³-hybridized carbons (Fsp3) is 0.231. The van der Waals surface area contributed by atoms with Gasteiger partial charge in [-0.25, -0.2) is 0 Å². The molecule has 1 aromatic carbocycles. The molecule has 8 heteroatoms. The van der Waals surface area contributed by atoms with E-state index < -0.39 is 10.8 Å². The van der Waals surface area contributed by atoms with Crippen LogP contribution in [0.4, 0.5) is 23.0 Å². The second kappa shape index (κ2) is 5.61. The summed E-state index contributed by atoms with van der Waals surface area (Å²) >= 11 is 0. The van der Waals surface area contributed by atoms with Crippen LogP contribution in [-0.4, -0.2) is 34.7 Å². The zero-order valence-electron chi connectivity index (χ0n) is 11.9. The van der Waals surface area contributed by atoms with Crippen LogP contribution < -0.4 is 10.2 Å². The second-order valence-corrected chi connectivity index (χ2v) is 4.59. The number of carbonyl (C=O) groups is 1. The Hall–Kier alpha value is -2.90. The number of hydrogen-bond donors (Lipinski definition) is 1. The van der Waals surface area contributed by atoms with Crippen LogP contribution in [0.2, 0.25) is 0 Å². The van der Waals surface area contributed by atoms with E-state index in [4.69, 9.17) is 0 Å². The average molecular weight is 289 g/mol. The smallest absolute Gasteiger partial charge is 0.355 e. The molecule has 0 amide bonds. The van der Waals surface area contributed by atoms with Crippen LogP contribution >= 0.6 is 0 Å². The van der Waals surface area contributed by atoms with Crippen molar-refractivity contribution in [1.29, 1.82) is 0 Å². The summed E-state index contributed by atoms with van der Waals surface area (Å²) in [6.45, 7) is 1.30. The highest BCUT2D eigenvalue weighted by molar-refractivity contribution is 5.86. The molecule has 0 spiro atoms. The maximum Gasteiger partial charge on any atom is 0.355 e. The lowest BCUT2D eigenvalue weighted by atomic mass is 10.3. The summed E-state index contributed by atoms with van der Waals surface area (Å²) in [5, 5.41) is 18.2. The summed E-state index contributed by atoms with van der Waals surface area (Å²) in [4.78, 5) is 23.9. The molecule has 110 valence electrons. The number of nitrogens with zero attached hydrogens (tertiary/aromatic N) is 4. The quantitative estimate of drug-likeness (QED) is 0.685. The molecule has 2 aromatic rings. The number of nitrogens with one attached hydrogen (secondary N) is 1. The predicted molar refractivity (Wildman–Crippen MR) is 79.2 cm³/mol. The summed E-state index contributed by atoms with van der Waals surface area (Å²) in [6, 6.07) is 8.93. The first-order valence-electron chi connectivity index (χ1n) is 6.19. The minimum atomic E-state index is -0.549. The molecule has 1 N–H and O–H groups in total. The molecule has 1 heterocycles. The minimum Gasteiger partial charge on any atom is -0.357 e. The molecule has 0 aliphatic carbocycles. The Labute approximate surface area is 121 Å². The molecule has 0 radical (unpaired) electrons. The minimum absolute atomic E-state index is 0.0325. The van der Waals surface area contributed by atoms with Crippen molar-refractivity contribution in [2.75, 3.05) is 24.3 Å². The Balaban J connectivity index is 2.57. The van der Waals surface area contributed by atoms with Crippen molar-refractivity contribution in [3.63, 3.8) is 0 Å². The second-order valence-electron chi connectivity index (χ2n) is 4.59. The van der Waals surface area contributed by atoms with Crippen molar-refractivity contribution in [2.24, 2.45) is 0 Å². The lowest BCUT2D eigenvalue weighted by Crippen LogP contribution is -2.19. The molecule has 1 aromatic heterocycles. The lowest BCUT2D eigenvalue weighted by Gasteiger charge is -2.11. The SMILES string of the molecule is CC(=O)n1nc(Nc2ccccc2)c([N+](=O)[O-])c1N(C)C. The standard InChI is InChI=1S/C13H15N5O3/c1-9(19)17-13(16(2)3)11(18(20)21)12(15-17)14-10-7-5-4-6-8-10/h4-8H,1-3H3,(H,14,15). The Morgan fingerprint density at radius 1 is 1.33 bits per heavy atom. The van der Waals surface area contributed by atoms with Crippen molar-refractivity contribution in [1.82, 2.24) is 9.78 Å². The van der Waals surface area contributed by atoms with Gasteiger partial charge in [0.2, 0.25) is 17.5 Å². The van der Waals surface area contributed by atoms with Crippen LogP contribution in [0.1, 0.15) is 11.7 Å². The fourth-order valence-corrected chi connectivity index (χ4v) is 1.93. The van der Waals surface area contributed by atoms with Crippen LogP contribution in [0.5, 0.6) is 0 Å². The summed E-state index contributed by atoms with van der Waals surface area (Å²) in [6.07, 6.45) is 0. The summed E-state index contributed by atoms with van der Waals surface area (Å²) in [7, 11) is 3.24. The van der Waals surface area contributed by atoms with E-state index in [1.54, 1.807) is 38.4 Å². The number of aromatic nitrogens is 2. The Kier molecular flexibility index (Phi) is 3.88. The topological polar surface area (TPSA) is 93.3 Å². The molecule has 0 aliphatic rings. The van der Waals surface area contributed by atoms with E-state index in [1.807, 2.05) is 6.07 Å². The summed E-state index contributed by atoms with van der Waals surface area (Å²) in [5.74, 6) is -0.237. The Bertz CT molecular complexity index is 679. The molecule has 2 rings (SSSR count). The highest BCUT2D eigenvalue weighted by Gasteiger charge is 2.31. The summed E-state index contributed by atoms with van der Waals surface area (Å²) < 4.78 is 1.02. The van der Waals surface area contributed by atoms with Crippen LogP contribution in [0, 0.1) is 10.1 Å². The maximum absolute atomic E-state index is 11.6. The first-order chi connectivity index (χ1) is 9.91. The van der Waals surface area contributed by atoms with Crippen LogP contribution in [0.3, 0.4) is 0 Å². The van der Waals surface area contributed by atoms with Crippen LogP contribution in [0.15, 0.2) is 30.3 Å². The van der Waals surface area contributed by atoms with E-state index in [0.717, 1.165) is 4.68 Å². The molecular weight excluding hydrogens is 274 g/mol. The van der Waals surface area contributed by atoms with Gasteiger partial charge >= 0.3 is 5.69 Å². The van der Waals surface area contributed by atoms with Crippen molar-refractivity contribution in [3.8, 4) is 0 Å². The molecule has 0 aliphatic heterocycles. The first-order valence-corrected chi connectivity index (χ1v) is 6.19. The van der Waals surface area contributed by atoms with Gasteiger partial charge in [-0.3, -0.25) is 14.9 Å². The van der Waals surface area contributed by atoms with E-state index in [0.29, 0.717) is 5.69 Å². The van der Waals surface area contributed by atoms with Crippen molar-refractivity contribution < 1.29 is 9.72 Å². The van der Waals surface area contributed by atoms with Gasteiger partial charge in [-0.2, -0.15) is 4.68 Å². The monoisotopic (exact) mass is 289 g/mol. The third kappa shape index (κ3) is 2.83. The molecule has 21 heavy (non-hydrogen) atoms. The van der Waals surface area contributed by atoms with Gasteiger partial charge in [0.15, 0.2) is 0 Å². The zero-order chi connectivity index (χ0) is 15.6. The number of nitro groups is 1. The van der Waals surface area contributed by atoms with Gasteiger partial charge in [-0.1, -0.05) is 18.2 Å². The number of carbonyl (C=O) groups excluding carboxylic acids is 1. The molecule has 0 fully saturated rings. The van der Waals surface area contributed by atoms with Crippen LogP contribution in [0.25, 0.3) is 0 Å². The van der Waals surface area contributed by atoms with Gasteiger partial charge in [0.1, 0.15) is 0 Å². The van der Waals surface area contributed by atoms with E-state index in [9.17, 15) is 14.9 Å². The number of benzene rings is 1. The van der Waals surface area contributed by atoms with Crippen LogP contribution in [-0.2, 0) is 0 Å². The first kappa shape index (κ1) is 14.5. The van der Waals surface area contributed by atoms with Gasteiger partial charge in [-0.15, -0.1) is 5.10 Å². The lowest BCUT2D eigenvalue weighted by molar-refractivity contribution is -0.383. The molecule has 8 nitrogen and oxygen atoms in total. The average Bonchev–Trinajstić information content (AvgIpc) is 2.79. The molecule has 0 unspecified atom stereocenters. The fourth-order valence-electron chi connectivity index (χ4n) is 1.93. The van der Waals surface area contributed by atoms with E-state index in [1.165, 1.54) is 11.8 Å². The molecule has 0 saturated heterocycles. The number of anilines is 3. The third-order valence-corrected chi connectivity index (χ3v) is 2.78. The van der Waals surface area contributed by atoms with E-state index in [-0.39, 0.29) is 17.3 Å². The zero-order valence-corrected chi connectivity index (χ0v) is 11.9. The van der Waals surface area contributed by atoms with E-state index >= 15 is 0 Å². The van der Waals surface area contributed by atoms with Gasteiger partial charge in [-0.05, 0) is 12.1 Å². The normalized spacial score (nSPS) is 10.2. The largest absolute Gasteiger partial charge is 0.357 e. The third-order valence-electron chi connectivity index (χ3n) is 2.78. The highest BCUT2D eigenvalue weighted by atomic mass is 16.6. The maximum atomic E-state index is 11.6. The van der Waals surface area contributed by atoms with Crippen molar-refractivity contribution in [2.45, 2.75) is 6.92 Å². The van der Waals surface area contributed by atoms with Gasteiger partial charge in [0.25, 0.3) is 0 Å². The van der Waals surface area contributed by atoms with Crippen molar-refractivity contribution >= 4 is 28.9 Å².